The number of terminal acetylenes is 1. The fourth-order valence-electron chi connectivity index (χ4n) is 1.08. The molecule has 0 aromatic carbocycles. The second-order valence-electron chi connectivity index (χ2n) is 2.54. The standard InChI is InChI=1S/C7H6N6/c1-2-7(9)4-5(11-3-10-4)12-6(8)13-7/h1,3H,9H2,(H2,8,13). The van der Waals surface area contributed by atoms with Gasteiger partial charge in [-0.1, -0.05) is 5.92 Å². The zero-order chi connectivity index (χ0) is 9.47. The number of nitrogens with zero attached hydrogens (tertiary/aromatic N) is 4. The van der Waals surface area contributed by atoms with Gasteiger partial charge in [-0.05, 0) is 0 Å². The normalized spacial score (nSPS) is 30.0. The molecule has 0 radical (unpaired) electrons. The van der Waals surface area contributed by atoms with Gasteiger partial charge in [0.25, 0.3) is 0 Å². The van der Waals surface area contributed by atoms with E-state index in [4.69, 9.17) is 17.9 Å². The molecule has 0 saturated carbocycles. The van der Waals surface area contributed by atoms with Gasteiger partial charge >= 0.3 is 0 Å². The molecule has 0 amide bonds. The van der Waals surface area contributed by atoms with Gasteiger partial charge in [0.15, 0.2) is 5.84 Å². The van der Waals surface area contributed by atoms with Gasteiger partial charge in [0.2, 0.25) is 11.6 Å². The van der Waals surface area contributed by atoms with Gasteiger partial charge in [-0.3, -0.25) is 5.73 Å². The number of rotatable bonds is 0. The molecule has 1 unspecified atom stereocenters. The number of aliphatic imine (C=N–C) groups is 4. The fraction of sp³-hybridized carbons (Fsp3) is 0.143. The third kappa shape index (κ3) is 0.947. The highest BCUT2D eigenvalue weighted by Crippen LogP contribution is 2.14. The average molecular weight is 174 g/mol. The van der Waals surface area contributed by atoms with Crippen LogP contribution in [0.25, 0.3) is 0 Å². The average Bonchev–Trinajstić information content (AvgIpc) is 2.52. The van der Waals surface area contributed by atoms with Crippen LogP contribution in [-0.4, -0.2) is 29.5 Å². The minimum atomic E-state index is -1.32. The second-order valence-corrected chi connectivity index (χ2v) is 2.54. The lowest BCUT2D eigenvalue weighted by Gasteiger charge is -2.21. The van der Waals surface area contributed by atoms with Crippen LogP contribution in [0.1, 0.15) is 0 Å². The molecule has 0 saturated heterocycles. The Bertz CT molecular complexity index is 421. The van der Waals surface area contributed by atoms with Gasteiger partial charge in [-0.25, -0.2) is 15.0 Å². The molecule has 1 atom stereocenters. The highest BCUT2D eigenvalue weighted by atomic mass is 15.2. The van der Waals surface area contributed by atoms with Crippen molar-refractivity contribution in [3.05, 3.63) is 0 Å². The Hall–Kier alpha value is -2.00. The van der Waals surface area contributed by atoms with Crippen LogP contribution in [0.2, 0.25) is 0 Å². The number of hydrogen-bond acceptors (Lipinski definition) is 6. The summed E-state index contributed by atoms with van der Waals surface area (Å²) in [6, 6.07) is 0. The van der Waals surface area contributed by atoms with Crippen LogP contribution in [-0.2, 0) is 0 Å². The third-order valence-electron chi connectivity index (χ3n) is 1.67. The number of amidine groups is 1. The monoisotopic (exact) mass is 174 g/mol. The van der Waals surface area contributed by atoms with Crippen LogP contribution < -0.4 is 11.5 Å². The van der Waals surface area contributed by atoms with Crippen molar-refractivity contribution in [3.63, 3.8) is 0 Å². The van der Waals surface area contributed by atoms with E-state index >= 15 is 0 Å². The SMILES string of the molecule is C#CC1(N)N=C(N)N=C2N=CN=C21. The highest BCUT2D eigenvalue weighted by molar-refractivity contribution is 6.51. The van der Waals surface area contributed by atoms with Gasteiger partial charge in [-0.15, -0.1) is 6.42 Å². The zero-order valence-corrected chi connectivity index (χ0v) is 6.60. The summed E-state index contributed by atoms with van der Waals surface area (Å²) in [6.07, 6.45) is 6.55. The molecule has 0 aromatic heterocycles. The first-order chi connectivity index (χ1) is 6.15. The third-order valence-corrected chi connectivity index (χ3v) is 1.67. The maximum Gasteiger partial charge on any atom is 0.220 e. The molecule has 0 aliphatic carbocycles. The van der Waals surface area contributed by atoms with E-state index in [2.05, 4.69) is 25.9 Å². The Balaban J connectivity index is 2.58. The topological polar surface area (TPSA) is 101 Å². The molecule has 2 rings (SSSR count). The molecular formula is C7H6N6. The lowest BCUT2D eigenvalue weighted by atomic mass is 10.1. The van der Waals surface area contributed by atoms with E-state index in [0.29, 0.717) is 11.5 Å². The summed E-state index contributed by atoms with van der Waals surface area (Å²) in [4.78, 5) is 15.4. The summed E-state index contributed by atoms with van der Waals surface area (Å²) >= 11 is 0. The summed E-state index contributed by atoms with van der Waals surface area (Å²) in [5.41, 5.74) is 10.2. The van der Waals surface area contributed by atoms with E-state index in [9.17, 15) is 0 Å². The number of guanidine groups is 1. The van der Waals surface area contributed by atoms with E-state index in [1.807, 2.05) is 0 Å². The van der Waals surface area contributed by atoms with Gasteiger partial charge in [0.05, 0.1) is 0 Å². The Labute approximate surface area is 74.2 Å². The van der Waals surface area contributed by atoms with Gasteiger partial charge in [0, 0.05) is 0 Å². The van der Waals surface area contributed by atoms with E-state index in [0.717, 1.165) is 0 Å². The van der Waals surface area contributed by atoms with Crippen molar-refractivity contribution in [3.8, 4) is 12.3 Å². The van der Waals surface area contributed by atoms with E-state index in [-0.39, 0.29) is 5.96 Å². The summed E-state index contributed by atoms with van der Waals surface area (Å²) in [6.45, 7) is 0. The maximum atomic E-state index is 5.74. The van der Waals surface area contributed by atoms with Gasteiger partial charge in [-0.2, -0.15) is 4.99 Å². The summed E-state index contributed by atoms with van der Waals surface area (Å²) in [5, 5.41) is 0. The van der Waals surface area contributed by atoms with Crippen molar-refractivity contribution in [2.45, 2.75) is 5.66 Å². The Morgan fingerprint density at radius 3 is 3.00 bits per heavy atom. The predicted octanol–water partition coefficient (Wildman–Crippen LogP) is -1.52. The maximum absolute atomic E-state index is 5.74. The smallest absolute Gasteiger partial charge is 0.220 e. The molecule has 0 aromatic rings. The Morgan fingerprint density at radius 1 is 1.54 bits per heavy atom. The van der Waals surface area contributed by atoms with Crippen molar-refractivity contribution in [2.24, 2.45) is 31.4 Å². The van der Waals surface area contributed by atoms with Crippen LogP contribution in [0.3, 0.4) is 0 Å². The number of hydrogen-bond donors (Lipinski definition) is 2. The molecule has 0 fully saturated rings. The fourth-order valence-corrected chi connectivity index (χ4v) is 1.08. The van der Waals surface area contributed by atoms with Crippen LogP contribution in [0.5, 0.6) is 0 Å². The molecule has 64 valence electrons. The summed E-state index contributed by atoms with van der Waals surface area (Å²) in [5.74, 6) is 2.66. The molecule has 13 heavy (non-hydrogen) atoms. The molecule has 6 nitrogen and oxygen atoms in total. The van der Waals surface area contributed by atoms with Crippen LogP contribution in [0.4, 0.5) is 0 Å². The van der Waals surface area contributed by atoms with E-state index in [1.165, 1.54) is 6.34 Å². The molecule has 2 aliphatic heterocycles. The lowest BCUT2D eigenvalue weighted by Crippen LogP contribution is -2.51. The van der Waals surface area contributed by atoms with Crippen LogP contribution >= 0.6 is 0 Å². The quantitative estimate of drug-likeness (QED) is 0.436. The Kier molecular flexibility index (Phi) is 1.32. The molecule has 0 bridgehead atoms. The molecule has 0 spiro atoms. The predicted molar refractivity (Wildman–Crippen MR) is 50.7 cm³/mol. The van der Waals surface area contributed by atoms with E-state index < -0.39 is 5.66 Å². The first-order valence-electron chi connectivity index (χ1n) is 3.47. The van der Waals surface area contributed by atoms with Crippen LogP contribution in [0, 0.1) is 12.3 Å². The van der Waals surface area contributed by atoms with Crippen molar-refractivity contribution < 1.29 is 0 Å². The number of fused-ring (bicyclic) bond motifs is 1. The summed E-state index contributed by atoms with van der Waals surface area (Å²) < 4.78 is 0. The van der Waals surface area contributed by atoms with Gasteiger partial charge < -0.3 is 5.73 Å². The molecule has 2 heterocycles. The molecule has 6 heteroatoms. The largest absolute Gasteiger partial charge is 0.368 e. The minimum absolute atomic E-state index is 0.0217. The highest BCUT2D eigenvalue weighted by Gasteiger charge is 2.37. The van der Waals surface area contributed by atoms with E-state index in [1.54, 1.807) is 0 Å². The first kappa shape index (κ1) is 7.64. The minimum Gasteiger partial charge on any atom is -0.368 e. The molecule has 4 N–H and O–H groups in total. The Morgan fingerprint density at radius 2 is 2.31 bits per heavy atom. The second kappa shape index (κ2) is 2.24. The molecular weight excluding hydrogens is 168 g/mol. The number of nitrogens with two attached hydrogens (primary N) is 2. The lowest BCUT2D eigenvalue weighted by molar-refractivity contribution is 0.770. The molecule has 2 aliphatic rings. The van der Waals surface area contributed by atoms with Crippen molar-refractivity contribution >= 4 is 23.8 Å². The van der Waals surface area contributed by atoms with Crippen molar-refractivity contribution in [2.75, 3.05) is 0 Å². The first-order valence-corrected chi connectivity index (χ1v) is 3.47. The summed E-state index contributed by atoms with van der Waals surface area (Å²) in [7, 11) is 0. The van der Waals surface area contributed by atoms with Crippen molar-refractivity contribution in [1.29, 1.82) is 0 Å². The van der Waals surface area contributed by atoms with Gasteiger partial charge in [0.1, 0.15) is 12.1 Å². The van der Waals surface area contributed by atoms with Crippen molar-refractivity contribution in [1.82, 2.24) is 0 Å². The zero-order valence-electron chi connectivity index (χ0n) is 6.60. The van der Waals surface area contributed by atoms with Crippen LogP contribution in [0.15, 0.2) is 20.0 Å².